The van der Waals surface area contributed by atoms with Gasteiger partial charge in [0.1, 0.15) is 5.75 Å². The van der Waals surface area contributed by atoms with Crippen LogP contribution in [0.3, 0.4) is 0 Å². The molecule has 1 aliphatic rings. The summed E-state index contributed by atoms with van der Waals surface area (Å²) in [7, 11) is -2.99. The number of nitrogens with one attached hydrogen (secondary N) is 1. The van der Waals surface area contributed by atoms with Crippen LogP contribution in [0.15, 0.2) is 28.7 Å². The molecule has 1 aromatic rings. The Morgan fingerprint density at radius 3 is 2.85 bits per heavy atom. The molecule has 1 fully saturated rings. The number of hydrogen-bond donors (Lipinski definition) is 1. The third kappa shape index (κ3) is 4.21. The molecule has 1 heterocycles. The van der Waals surface area contributed by atoms with Crippen LogP contribution in [-0.4, -0.2) is 38.0 Å². The van der Waals surface area contributed by atoms with Crippen molar-refractivity contribution < 1.29 is 17.9 Å². The van der Waals surface area contributed by atoms with E-state index in [1.807, 2.05) is 12.1 Å². The summed E-state index contributed by atoms with van der Waals surface area (Å²) in [4.78, 5) is 12.0. The second-order valence-corrected chi connectivity index (χ2v) is 7.97. The molecule has 0 saturated carbocycles. The van der Waals surface area contributed by atoms with E-state index in [1.165, 1.54) is 0 Å². The lowest BCUT2D eigenvalue weighted by Gasteiger charge is -2.17. The highest BCUT2D eigenvalue weighted by Gasteiger charge is 2.30. The van der Waals surface area contributed by atoms with Gasteiger partial charge in [-0.2, -0.15) is 0 Å². The molecule has 2 atom stereocenters. The SMILES string of the molecule is C[C@H](Oc1cccc(Br)c1)C(=O)N[C@@H]1CCS(=O)(=O)C1. The summed E-state index contributed by atoms with van der Waals surface area (Å²) in [6.07, 6.45) is -0.204. The highest BCUT2D eigenvalue weighted by molar-refractivity contribution is 9.10. The number of ether oxygens (including phenoxy) is 1. The normalized spacial score (nSPS) is 22.2. The first-order valence-corrected chi connectivity index (χ1v) is 8.90. The number of amides is 1. The maximum Gasteiger partial charge on any atom is 0.261 e. The predicted molar refractivity (Wildman–Crippen MR) is 79.4 cm³/mol. The van der Waals surface area contributed by atoms with Crippen molar-refractivity contribution in [2.45, 2.75) is 25.5 Å². The summed E-state index contributed by atoms with van der Waals surface area (Å²) in [6.45, 7) is 1.64. The monoisotopic (exact) mass is 361 g/mol. The van der Waals surface area contributed by atoms with Gasteiger partial charge in [0.15, 0.2) is 15.9 Å². The molecule has 0 aromatic heterocycles. The third-order valence-corrected chi connectivity index (χ3v) is 5.32. The minimum absolute atomic E-state index is 0.0162. The average Bonchev–Trinajstić information content (AvgIpc) is 2.68. The van der Waals surface area contributed by atoms with Crippen molar-refractivity contribution in [3.05, 3.63) is 28.7 Å². The van der Waals surface area contributed by atoms with Gasteiger partial charge in [0.2, 0.25) is 0 Å². The van der Waals surface area contributed by atoms with Gasteiger partial charge in [-0.25, -0.2) is 8.42 Å². The molecule has 20 heavy (non-hydrogen) atoms. The van der Waals surface area contributed by atoms with Crippen LogP contribution in [0.2, 0.25) is 0 Å². The average molecular weight is 362 g/mol. The van der Waals surface area contributed by atoms with Crippen molar-refractivity contribution >= 4 is 31.7 Å². The maximum atomic E-state index is 12.0. The fourth-order valence-corrected chi connectivity index (χ4v) is 4.08. The van der Waals surface area contributed by atoms with Crippen molar-refractivity contribution in [1.82, 2.24) is 5.32 Å². The van der Waals surface area contributed by atoms with E-state index in [9.17, 15) is 13.2 Å². The van der Waals surface area contributed by atoms with Crippen molar-refractivity contribution in [3.63, 3.8) is 0 Å². The summed E-state index contributed by atoms with van der Waals surface area (Å²) in [5.41, 5.74) is 0. The molecule has 5 nitrogen and oxygen atoms in total. The summed E-state index contributed by atoms with van der Waals surface area (Å²) in [5, 5.41) is 2.71. The summed E-state index contributed by atoms with van der Waals surface area (Å²) in [5.74, 6) is 0.439. The van der Waals surface area contributed by atoms with Gasteiger partial charge in [-0.05, 0) is 31.5 Å². The maximum absolute atomic E-state index is 12.0. The number of carbonyl (C=O) groups is 1. The van der Waals surface area contributed by atoms with Gasteiger partial charge in [0.25, 0.3) is 5.91 Å². The van der Waals surface area contributed by atoms with Crippen LogP contribution in [0, 0.1) is 0 Å². The zero-order valence-electron chi connectivity index (χ0n) is 11.0. The fraction of sp³-hybridized carbons (Fsp3) is 0.462. The van der Waals surface area contributed by atoms with E-state index < -0.39 is 15.9 Å². The van der Waals surface area contributed by atoms with E-state index in [1.54, 1.807) is 19.1 Å². The van der Waals surface area contributed by atoms with Crippen LogP contribution in [0.1, 0.15) is 13.3 Å². The largest absolute Gasteiger partial charge is 0.481 e. The zero-order chi connectivity index (χ0) is 14.8. The lowest BCUT2D eigenvalue weighted by molar-refractivity contribution is -0.127. The highest BCUT2D eigenvalue weighted by Crippen LogP contribution is 2.19. The van der Waals surface area contributed by atoms with Gasteiger partial charge in [0.05, 0.1) is 11.5 Å². The quantitative estimate of drug-likeness (QED) is 0.882. The first-order chi connectivity index (χ1) is 9.35. The zero-order valence-corrected chi connectivity index (χ0v) is 13.4. The summed E-state index contributed by atoms with van der Waals surface area (Å²) in [6, 6.07) is 6.90. The summed E-state index contributed by atoms with van der Waals surface area (Å²) >= 11 is 3.33. The Morgan fingerprint density at radius 2 is 2.25 bits per heavy atom. The Kier molecular flexibility index (Phi) is 4.70. The van der Waals surface area contributed by atoms with E-state index >= 15 is 0 Å². The molecule has 0 aliphatic carbocycles. The Balaban J connectivity index is 1.89. The van der Waals surface area contributed by atoms with Crippen molar-refractivity contribution in [2.75, 3.05) is 11.5 Å². The molecule has 0 radical (unpaired) electrons. The second-order valence-electron chi connectivity index (χ2n) is 4.83. The van der Waals surface area contributed by atoms with Crippen LogP contribution in [0.5, 0.6) is 5.75 Å². The molecule has 1 N–H and O–H groups in total. The lowest BCUT2D eigenvalue weighted by atomic mass is 10.2. The fourth-order valence-electron chi connectivity index (χ4n) is 2.03. The summed E-state index contributed by atoms with van der Waals surface area (Å²) < 4.78 is 29.1. The smallest absolute Gasteiger partial charge is 0.261 e. The third-order valence-electron chi connectivity index (χ3n) is 3.06. The van der Waals surface area contributed by atoms with Crippen LogP contribution in [-0.2, 0) is 14.6 Å². The minimum Gasteiger partial charge on any atom is -0.481 e. The first-order valence-electron chi connectivity index (χ1n) is 6.29. The Labute approximate surface area is 126 Å². The molecule has 1 amide bonds. The Bertz CT molecular complexity index is 602. The second kappa shape index (κ2) is 6.13. The van der Waals surface area contributed by atoms with E-state index in [2.05, 4.69) is 21.2 Å². The van der Waals surface area contributed by atoms with E-state index in [0.29, 0.717) is 12.2 Å². The Morgan fingerprint density at radius 1 is 1.50 bits per heavy atom. The van der Waals surface area contributed by atoms with Crippen LogP contribution in [0.4, 0.5) is 0 Å². The number of halogens is 1. The number of hydrogen-bond acceptors (Lipinski definition) is 4. The van der Waals surface area contributed by atoms with E-state index in [4.69, 9.17) is 4.74 Å². The number of sulfone groups is 1. The van der Waals surface area contributed by atoms with Crippen LogP contribution < -0.4 is 10.1 Å². The molecule has 1 aromatic carbocycles. The molecule has 1 saturated heterocycles. The molecule has 7 heteroatoms. The molecule has 110 valence electrons. The van der Waals surface area contributed by atoms with E-state index in [0.717, 1.165) is 4.47 Å². The molecule has 2 rings (SSSR count). The van der Waals surface area contributed by atoms with Gasteiger partial charge in [-0.1, -0.05) is 22.0 Å². The topological polar surface area (TPSA) is 72.5 Å². The van der Waals surface area contributed by atoms with Gasteiger partial charge >= 0.3 is 0 Å². The Hall–Kier alpha value is -1.08. The lowest BCUT2D eigenvalue weighted by Crippen LogP contribution is -2.43. The molecule has 1 aliphatic heterocycles. The van der Waals surface area contributed by atoms with Gasteiger partial charge in [-0.15, -0.1) is 0 Å². The van der Waals surface area contributed by atoms with Gasteiger partial charge in [-0.3, -0.25) is 4.79 Å². The molecular formula is C13H16BrNO4S. The van der Waals surface area contributed by atoms with Crippen LogP contribution in [0.25, 0.3) is 0 Å². The predicted octanol–water partition coefficient (Wildman–Crippen LogP) is 1.52. The molecule has 0 unspecified atom stereocenters. The molecule has 0 bridgehead atoms. The first kappa shape index (κ1) is 15.3. The molecule has 0 spiro atoms. The number of benzene rings is 1. The minimum atomic E-state index is -2.99. The van der Waals surface area contributed by atoms with E-state index in [-0.39, 0.29) is 23.5 Å². The van der Waals surface area contributed by atoms with Gasteiger partial charge < -0.3 is 10.1 Å². The molecular weight excluding hydrogens is 346 g/mol. The van der Waals surface area contributed by atoms with Crippen molar-refractivity contribution in [3.8, 4) is 5.75 Å². The van der Waals surface area contributed by atoms with Gasteiger partial charge in [0, 0.05) is 10.5 Å². The van der Waals surface area contributed by atoms with Crippen LogP contribution >= 0.6 is 15.9 Å². The van der Waals surface area contributed by atoms with Crippen molar-refractivity contribution in [2.24, 2.45) is 0 Å². The number of carbonyl (C=O) groups excluding carboxylic acids is 1. The highest BCUT2D eigenvalue weighted by atomic mass is 79.9. The number of rotatable bonds is 4. The van der Waals surface area contributed by atoms with Crippen molar-refractivity contribution in [1.29, 1.82) is 0 Å². The standard InChI is InChI=1S/C13H16BrNO4S/c1-9(19-12-4-2-3-10(14)7-12)13(16)15-11-5-6-20(17,18)8-11/h2-4,7,9,11H,5-6,8H2,1H3,(H,15,16)/t9-,11+/m0/s1.